The Labute approximate surface area is 152 Å². The molecule has 8 heteroatoms. The van der Waals surface area contributed by atoms with Crippen LogP contribution in [-0.4, -0.2) is 44.4 Å². The Morgan fingerprint density at radius 1 is 1.31 bits per heavy atom. The van der Waals surface area contributed by atoms with Gasteiger partial charge in [0, 0.05) is 38.8 Å². The first-order valence-electron chi connectivity index (χ1n) is 8.53. The van der Waals surface area contributed by atoms with Gasteiger partial charge in [-0.05, 0) is 19.1 Å². The fourth-order valence-corrected chi connectivity index (χ4v) is 2.53. The molecule has 0 fully saturated rings. The van der Waals surface area contributed by atoms with Crippen molar-refractivity contribution in [3.63, 3.8) is 0 Å². The highest BCUT2D eigenvalue weighted by atomic mass is 16.5. The van der Waals surface area contributed by atoms with Gasteiger partial charge in [-0.3, -0.25) is 0 Å². The minimum Gasteiger partial charge on any atom is -0.357 e. The van der Waals surface area contributed by atoms with Crippen LogP contribution in [0.1, 0.15) is 24.2 Å². The number of nitrogens with zero attached hydrogens (tertiary/aromatic N) is 6. The van der Waals surface area contributed by atoms with Crippen LogP contribution in [0.4, 0.5) is 0 Å². The predicted octanol–water partition coefficient (Wildman–Crippen LogP) is 2.16. The third-order valence-corrected chi connectivity index (χ3v) is 3.71. The fraction of sp³-hybridized carbons (Fsp3) is 0.333. The van der Waals surface area contributed by atoms with Gasteiger partial charge in [-0.2, -0.15) is 10.1 Å². The average molecular weight is 353 g/mol. The zero-order valence-electron chi connectivity index (χ0n) is 15.3. The van der Waals surface area contributed by atoms with E-state index < -0.39 is 0 Å². The Morgan fingerprint density at radius 2 is 2.12 bits per heavy atom. The first kappa shape index (κ1) is 17.7. The van der Waals surface area contributed by atoms with Gasteiger partial charge in [0.2, 0.25) is 5.89 Å². The van der Waals surface area contributed by atoms with Gasteiger partial charge in [-0.15, -0.1) is 0 Å². The summed E-state index contributed by atoms with van der Waals surface area (Å²) in [5, 5.41) is 11.6. The Morgan fingerprint density at radius 3 is 2.81 bits per heavy atom. The smallest absolute Gasteiger partial charge is 0.223 e. The maximum atomic E-state index is 4.98. The lowest BCUT2D eigenvalue weighted by Gasteiger charge is -2.21. The van der Waals surface area contributed by atoms with Crippen molar-refractivity contribution in [2.75, 3.05) is 13.6 Å². The van der Waals surface area contributed by atoms with Crippen LogP contribution in [0.3, 0.4) is 0 Å². The van der Waals surface area contributed by atoms with Crippen molar-refractivity contribution >= 4 is 5.96 Å². The summed E-state index contributed by atoms with van der Waals surface area (Å²) in [6.07, 6.45) is 3.90. The summed E-state index contributed by atoms with van der Waals surface area (Å²) in [5.74, 6) is 1.90. The van der Waals surface area contributed by atoms with Crippen LogP contribution < -0.4 is 5.32 Å². The van der Waals surface area contributed by atoms with Crippen molar-refractivity contribution in [2.24, 2.45) is 4.99 Å². The zero-order valence-corrected chi connectivity index (χ0v) is 15.3. The number of hydrogen-bond acceptors (Lipinski definition) is 5. The molecule has 0 aliphatic carbocycles. The van der Waals surface area contributed by atoms with Crippen LogP contribution in [0, 0.1) is 6.92 Å². The first-order chi connectivity index (χ1) is 12.7. The molecule has 2 heterocycles. The zero-order chi connectivity index (χ0) is 18.4. The first-order valence-corrected chi connectivity index (χ1v) is 8.53. The normalized spacial score (nSPS) is 11.6. The molecular formula is C18H23N7O. The number of aryl methyl sites for hydroxylation is 1. The van der Waals surface area contributed by atoms with Gasteiger partial charge >= 0.3 is 0 Å². The molecule has 2 aromatic heterocycles. The topological polar surface area (TPSA) is 84.4 Å². The summed E-state index contributed by atoms with van der Waals surface area (Å²) in [6.45, 7) is 5.63. The van der Waals surface area contributed by atoms with Gasteiger partial charge in [0.05, 0.1) is 11.9 Å². The summed E-state index contributed by atoms with van der Waals surface area (Å²) in [6, 6.07) is 10.0. The number of guanidine groups is 1. The van der Waals surface area contributed by atoms with Gasteiger partial charge < -0.3 is 14.7 Å². The van der Waals surface area contributed by atoms with Crippen molar-refractivity contribution in [1.29, 1.82) is 0 Å². The average Bonchev–Trinajstić information content (AvgIpc) is 3.28. The lowest BCUT2D eigenvalue weighted by Crippen LogP contribution is -2.38. The molecule has 0 saturated heterocycles. The summed E-state index contributed by atoms with van der Waals surface area (Å²) in [4.78, 5) is 10.8. The molecule has 0 aliphatic rings. The van der Waals surface area contributed by atoms with E-state index in [9.17, 15) is 0 Å². The molecule has 1 aromatic carbocycles. The van der Waals surface area contributed by atoms with E-state index in [4.69, 9.17) is 4.52 Å². The highest BCUT2D eigenvalue weighted by molar-refractivity contribution is 5.79. The molecule has 0 radical (unpaired) electrons. The van der Waals surface area contributed by atoms with Gasteiger partial charge in [0.1, 0.15) is 6.54 Å². The number of rotatable bonds is 6. The van der Waals surface area contributed by atoms with Crippen LogP contribution in [0.15, 0.2) is 52.2 Å². The van der Waals surface area contributed by atoms with Crippen LogP contribution in [0.2, 0.25) is 0 Å². The van der Waals surface area contributed by atoms with Gasteiger partial charge in [-0.1, -0.05) is 23.4 Å². The minimum atomic E-state index is 0.368. The van der Waals surface area contributed by atoms with Gasteiger partial charge in [0.15, 0.2) is 11.8 Å². The standard InChI is InChI=1S/C18H23N7O/c1-4-19-18(20-11-17-22-14(2)26-23-17)24(3)12-15-10-21-25(13-15)16-8-6-5-7-9-16/h5-10,13H,4,11-12H2,1-3H3,(H,19,20). The minimum absolute atomic E-state index is 0.368. The third-order valence-electron chi connectivity index (χ3n) is 3.71. The summed E-state index contributed by atoms with van der Waals surface area (Å²) in [7, 11) is 1.99. The van der Waals surface area contributed by atoms with Crippen molar-refractivity contribution in [3.05, 3.63) is 60.0 Å². The molecule has 0 aliphatic heterocycles. The highest BCUT2D eigenvalue weighted by Crippen LogP contribution is 2.09. The second kappa shape index (κ2) is 8.28. The molecule has 0 saturated carbocycles. The molecule has 136 valence electrons. The van der Waals surface area contributed by atoms with Crippen LogP contribution in [0.5, 0.6) is 0 Å². The Bertz CT molecular complexity index is 853. The predicted molar refractivity (Wildman–Crippen MR) is 98.9 cm³/mol. The van der Waals surface area contributed by atoms with E-state index in [1.54, 1.807) is 6.92 Å². The molecule has 0 atom stereocenters. The van der Waals surface area contributed by atoms with Crippen LogP contribution >= 0.6 is 0 Å². The summed E-state index contributed by atoms with van der Waals surface area (Å²) >= 11 is 0. The molecule has 3 rings (SSSR count). The summed E-state index contributed by atoms with van der Waals surface area (Å²) in [5.41, 5.74) is 2.13. The highest BCUT2D eigenvalue weighted by Gasteiger charge is 2.10. The Hall–Kier alpha value is -3.16. The molecule has 0 unspecified atom stereocenters. The van der Waals surface area contributed by atoms with E-state index in [1.165, 1.54) is 0 Å². The third kappa shape index (κ3) is 4.47. The van der Waals surface area contributed by atoms with E-state index in [0.717, 1.165) is 23.8 Å². The molecule has 0 amide bonds. The number of nitrogens with one attached hydrogen (secondary N) is 1. The van der Waals surface area contributed by atoms with Crippen molar-refractivity contribution in [2.45, 2.75) is 26.9 Å². The van der Waals surface area contributed by atoms with Gasteiger partial charge in [0.25, 0.3) is 0 Å². The second-order valence-electron chi connectivity index (χ2n) is 5.88. The number of benzene rings is 1. The van der Waals surface area contributed by atoms with E-state index in [-0.39, 0.29) is 0 Å². The van der Waals surface area contributed by atoms with E-state index in [1.807, 2.05) is 66.3 Å². The monoisotopic (exact) mass is 353 g/mol. The number of hydrogen-bond donors (Lipinski definition) is 1. The number of aromatic nitrogens is 4. The molecule has 0 bridgehead atoms. The Balaban J connectivity index is 1.68. The molecular weight excluding hydrogens is 330 g/mol. The lowest BCUT2D eigenvalue weighted by molar-refractivity contribution is 0.387. The lowest BCUT2D eigenvalue weighted by atomic mass is 10.3. The van der Waals surface area contributed by atoms with E-state index >= 15 is 0 Å². The number of aliphatic imine (C=N–C) groups is 1. The van der Waals surface area contributed by atoms with Crippen molar-refractivity contribution < 1.29 is 4.52 Å². The molecule has 1 N–H and O–H groups in total. The van der Waals surface area contributed by atoms with E-state index in [2.05, 4.69) is 25.5 Å². The largest absolute Gasteiger partial charge is 0.357 e. The molecule has 0 spiro atoms. The maximum absolute atomic E-state index is 4.98. The van der Waals surface area contributed by atoms with Crippen LogP contribution in [0.25, 0.3) is 5.69 Å². The fourth-order valence-electron chi connectivity index (χ4n) is 2.53. The second-order valence-corrected chi connectivity index (χ2v) is 5.88. The molecule has 8 nitrogen and oxygen atoms in total. The van der Waals surface area contributed by atoms with Gasteiger partial charge in [-0.25, -0.2) is 9.67 Å². The van der Waals surface area contributed by atoms with Crippen molar-refractivity contribution in [1.82, 2.24) is 30.1 Å². The van der Waals surface area contributed by atoms with E-state index in [0.29, 0.717) is 24.8 Å². The quantitative estimate of drug-likeness (QED) is 0.540. The number of para-hydroxylation sites is 1. The summed E-state index contributed by atoms with van der Waals surface area (Å²) < 4.78 is 6.85. The van der Waals surface area contributed by atoms with Crippen LogP contribution in [-0.2, 0) is 13.1 Å². The van der Waals surface area contributed by atoms with Crippen molar-refractivity contribution in [3.8, 4) is 5.69 Å². The SMILES string of the molecule is CCNC(=NCc1noc(C)n1)N(C)Cc1cnn(-c2ccccc2)c1. The Kier molecular flexibility index (Phi) is 5.62. The molecule has 26 heavy (non-hydrogen) atoms. The molecule has 3 aromatic rings. The maximum Gasteiger partial charge on any atom is 0.223 e.